The molecule has 7 heteroatoms. The van der Waals surface area contributed by atoms with Crippen LogP contribution in [0.2, 0.25) is 0 Å². The molecule has 2 saturated heterocycles. The Kier molecular flexibility index (Phi) is 4.37. The molecule has 7 nitrogen and oxygen atoms in total. The summed E-state index contributed by atoms with van der Waals surface area (Å²) < 4.78 is 10.00. The molecule has 2 amide bonds. The zero-order chi connectivity index (χ0) is 16.6. The smallest absolute Gasteiger partial charge is 0.347 e. The number of carbonyl (C=O) groups is 4. The van der Waals surface area contributed by atoms with Crippen molar-refractivity contribution in [3.63, 3.8) is 0 Å². The highest BCUT2D eigenvalue weighted by Gasteiger charge is 2.48. The third kappa shape index (κ3) is 3.09. The number of hydrogen-bond donors (Lipinski definition) is 0. The minimum absolute atomic E-state index is 0.0286. The second-order valence-corrected chi connectivity index (χ2v) is 6.54. The van der Waals surface area contributed by atoms with Crippen molar-refractivity contribution in [3.8, 4) is 0 Å². The van der Waals surface area contributed by atoms with Gasteiger partial charge in [-0.25, -0.2) is 4.79 Å². The standard InChI is InChI=1S/C16H21NO6/c1-9-8-12(16(21)22-9)23-13(18)6-7-17-14(19)10-4-2-3-5-11(10)15(17)20/h9-12H,2-8H2,1H3/t9-,10-,11-,12+/m1/s1. The monoisotopic (exact) mass is 323 g/mol. The van der Waals surface area contributed by atoms with Crippen molar-refractivity contribution in [2.45, 2.75) is 57.7 Å². The molecule has 2 aliphatic heterocycles. The average molecular weight is 323 g/mol. The number of amides is 2. The Labute approximate surface area is 134 Å². The van der Waals surface area contributed by atoms with Crippen LogP contribution in [-0.2, 0) is 28.7 Å². The van der Waals surface area contributed by atoms with Gasteiger partial charge in [0.05, 0.1) is 18.3 Å². The first-order valence-corrected chi connectivity index (χ1v) is 8.22. The molecule has 0 N–H and O–H groups in total. The lowest BCUT2D eigenvalue weighted by Gasteiger charge is -2.19. The van der Waals surface area contributed by atoms with E-state index in [2.05, 4.69) is 0 Å². The summed E-state index contributed by atoms with van der Waals surface area (Å²) in [5.74, 6) is -1.87. The number of imide groups is 1. The van der Waals surface area contributed by atoms with Crippen LogP contribution in [0.1, 0.15) is 45.4 Å². The van der Waals surface area contributed by atoms with E-state index >= 15 is 0 Å². The molecule has 0 aromatic heterocycles. The average Bonchev–Trinajstić information content (AvgIpc) is 2.96. The summed E-state index contributed by atoms with van der Waals surface area (Å²) in [6.07, 6.45) is 2.57. The van der Waals surface area contributed by atoms with Gasteiger partial charge >= 0.3 is 11.9 Å². The van der Waals surface area contributed by atoms with Crippen molar-refractivity contribution in [1.82, 2.24) is 4.90 Å². The number of carbonyl (C=O) groups excluding carboxylic acids is 4. The predicted octanol–water partition coefficient (Wildman–Crippen LogP) is 0.799. The van der Waals surface area contributed by atoms with Crippen LogP contribution < -0.4 is 0 Å². The number of hydrogen-bond acceptors (Lipinski definition) is 6. The molecule has 23 heavy (non-hydrogen) atoms. The Balaban J connectivity index is 1.52. The second-order valence-electron chi connectivity index (χ2n) is 6.54. The molecule has 1 aliphatic carbocycles. The van der Waals surface area contributed by atoms with Gasteiger partial charge in [0.1, 0.15) is 6.10 Å². The highest BCUT2D eigenvalue weighted by atomic mass is 16.6. The molecule has 0 spiro atoms. The number of nitrogens with zero attached hydrogens (tertiary/aromatic N) is 1. The third-order valence-corrected chi connectivity index (χ3v) is 4.87. The first-order valence-electron chi connectivity index (χ1n) is 8.22. The van der Waals surface area contributed by atoms with E-state index in [1.165, 1.54) is 4.90 Å². The maximum Gasteiger partial charge on any atom is 0.347 e. The summed E-state index contributed by atoms with van der Waals surface area (Å²) in [6, 6.07) is 0. The molecule has 4 atom stereocenters. The quantitative estimate of drug-likeness (QED) is 0.561. The van der Waals surface area contributed by atoms with Crippen molar-refractivity contribution >= 4 is 23.8 Å². The zero-order valence-corrected chi connectivity index (χ0v) is 13.2. The van der Waals surface area contributed by atoms with Crippen LogP contribution in [0.5, 0.6) is 0 Å². The number of likely N-dealkylation sites (tertiary alicyclic amines) is 1. The Morgan fingerprint density at radius 1 is 1.17 bits per heavy atom. The van der Waals surface area contributed by atoms with Crippen LogP contribution in [0.15, 0.2) is 0 Å². The summed E-state index contributed by atoms with van der Waals surface area (Å²) >= 11 is 0. The van der Waals surface area contributed by atoms with Crippen LogP contribution in [0.4, 0.5) is 0 Å². The van der Waals surface area contributed by atoms with Gasteiger partial charge in [-0.3, -0.25) is 19.3 Å². The minimum Gasteiger partial charge on any atom is -0.460 e. The van der Waals surface area contributed by atoms with Crippen molar-refractivity contribution in [3.05, 3.63) is 0 Å². The van der Waals surface area contributed by atoms with Crippen molar-refractivity contribution in [2.75, 3.05) is 6.54 Å². The van der Waals surface area contributed by atoms with Gasteiger partial charge in [-0.1, -0.05) is 12.8 Å². The van der Waals surface area contributed by atoms with Gasteiger partial charge in [0.25, 0.3) is 0 Å². The molecule has 126 valence electrons. The topological polar surface area (TPSA) is 90.0 Å². The molecule has 0 bridgehead atoms. The van der Waals surface area contributed by atoms with Gasteiger partial charge in [0.2, 0.25) is 17.9 Å². The predicted molar refractivity (Wildman–Crippen MR) is 76.8 cm³/mol. The Morgan fingerprint density at radius 3 is 2.30 bits per heavy atom. The van der Waals surface area contributed by atoms with Crippen LogP contribution in [-0.4, -0.2) is 47.4 Å². The number of cyclic esters (lactones) is 1. The fourth-order valence-corrected chi connectivity index (χ4v) is 3.69. The van der Waals surface area contributed by atoms with Gasteiger partial charge in [-0.15, -0.1) is 0 Å². The molecule has 3 rings (SSSR count). The Morgan fingerprint density at radius 2 is 1.78 bits per heavy atom. The van der Waals surface area contributed by atoms with Gasteiger partial charge in [0.15, 0.2) is 0 Å². The molecular formula is C16H21NO6. The van der Waals surface area contributed by atoms with Crippen molar-refractivity contribution < 1.29 is 28.7 Å². The molecule has 3 aliphatic rings. The Bertz CT molecular complexity index is 521. The molecule has 2 heterocycles. The van der Waals surface area contributed by atoms with E-state index in [4.69, 9.17) is 9.47 Å². The van der Waals surface area contributed by atoms with Gasteiger partial charge in [-0.05, 0) is 19.8 Å². The molecule has 0 aromatic carbocycles. The molecule has 0 radical (unpaired) electrons. The van der Waals surface area contributed by atoms with E-state index in [1.54, 1.807) is 6.92 Å². The lowest BCUT2D eigenvalue weighted by Crippen LogP contribution is -2.34. The summed E-state index contributed by atoms with van der Waals surface area (Å²) in [5.41, 5.74) is 0. The van der Waals surface area contributed by atoms with Gasteiger partial charge < -0.3 is 9.47 Å². The second kappa shape index (κ2) is 6.29. The molecule has 1 saturated carbocycles. The maximum absolute atomic E-state index is 12.3. The normalized spacial score (nSPS) is 33.6. The number of fused-ring (bicyclic) bond motifs is 1. The summed E-state index contributed by atoms with van der Waals surface area (Å²) in [5, 5.41) is 0. The largest absolute Gasteiger partial charge is 0.460 e. The van der Waals surface area contributed by atoms with Crippen molar-refractivity contribution in [2.24, 2.45) is 11.8 Å². The zero-order valence-electron chi connectivity index (χ0n) is 13.2. The highest BCUT2D eigenvalue weighted by Crippen LogP contribution is 2.38. The number of rotatable bonds is 4. The van der Waals surface area contributed by atoms with E-state index in [9.17, 15) is 19.2 Å². The van der Waals surface area contributed by atoms with Crippen LogP contribution in [0.25, 0.3) is 0 Å². The van der Waals surface area contributed by atoms with Crippen LogP contribution >= 0.6 is 0 Å². The van der Waals surface area contributed by atoms with E-state index in [0.717, 1.165) is 25.7 Å². The fourth-order valence-electron chi connectivity index (χ4n) is 3.69. The minimum atomic E-state index is -0.870. The lowest BCUT2D eigenvalue weighted by atomic mass is 9.81. The molecule has 3 fully saturated rings. The molecular weight excluding hydrogens is 302 g/mol. The summed E-state index contributed by atoms with van der Waals surface area (Å²) in [4.78, 5) is 49.0. The fraction of sp³-hybridized carbons (Fsp3) is 0.750. The molecule has 0 unspecified atom stereocenters. The molecule has 0 aromatic rings. The van der Waals surface area contributed by atoms with E-state index in [0.29, 0.717) is 6.42 Å². The van der Waals surface area contributed by atoms with Gasteiger partial charge in [0, 0.05) is 13.0 Å². The number of esters is 2. The van der Waals surface area contributed by atoms with Crippen molar-refractivity contribution in [1.29, 1.82) is 0 Å². The van der Waals surface area contributed by atoms with E-state index in [-0.39, 0.29) is 42.7 Å². The van der Waals surface area contributed by atoms with Crippen LogP contribution in [0.3, 0.4) is 0 Å². The van der Waals surface area contributed by atoms with Gasteiger partial charge in [-0.2, -0.15) is 0 Å². The summed E-state index contributed by atoms with van der Waals surface area (Å²) in [6.45, 7) is 1.76. The highest BCUT2D eigenvalue weighted by molar-refractivity contribution is 6.05. The first kappa shape index (κ1) is 16.0. The SMILES string of the molecule is C[C@@H]1C[C@H](OC(=O)CCN2C(=O)[C@@H]3CCCC[C@H]3C2=O)C(=O)O1. The van der Waals surface area contributed by atoms with E-state index in [1.807, 2.05) is 0 Å². The summed E-state index contributed by atoms with van der Waals surface area (Å²) in [7, 11) is 0. The van der Waals surface area contributed by atoms with Crippen LogP contribution in [0, 0.1) is 11.8 Å². The first-order chi connectivity index (χ1) is 11.0. The third-order valence-electron chi connectivity index (χ3n) is 4.87. The maximum atomic E-state index is 12.3. The van der Waals surface area contributed by atoms with E-state index < -0.39 is 18.0 Å². The number of ether oxygens (including phenoxy) is 2. The lowest BCUT2D eigenvalue weighted by molar-refractivity contribution is -0.161. The Hall–Kier alpha value is -1.92.